The fraction of sp³-hybridized carbons (Fsp3) is 0.0909. The Balaban J connectivity index is 0.000000218. The van der Waals surface area contributed by atoms with Crippen LogP contribution in [0.5, 0.6) is 0 Å². The summed E-state index contributed by atoms with van der Waals surface area (Å²) in [7, 11) is 0. The molecule has 0 aliphatic rings. The van der Waals surface area contributed by atoms with Crippen LogP contribution >= 0.6 is 45.2 Å². The van der Waals surface area contributed by atoms with Crippen LogP contribution in [-0.4, -0.2) is 9.97 Å². The zero-order valence-corrected chi connectivity index (χ0v) is 35.0. The summed E-state index contributed by atoms with van der Waals surface area (Å²) < 4.78 is 121. The van der Waals surface area contributed by atoms with Gasteiger partial charge in [0.15, 0.2) is 46.5 Å². The molecule has 0 bridgehead atoms. The van der Waals surface area contributed by atoms with Crippen LogP contribution in [-0.2, 0) is 0 Å². The van der Waals surface area contributed by atoms with Gasteiger partial charge in [-0.25, -0.2) is 43.9 Å². The van der Waals surface area contributed by atoms with Gasteiger partial charge in [-0.05, 0) is 164 Å². The third-order valence-corrected chi connectivity index (χ3v) is 10.8. The number of benzene rings is 5. The molecule has 0 N–H and O–H groups in total. The van der Waals surface area contributed by atoms with E-state index in [2.05, 4.69) is 110 Å². The Morgan fingerprint density at radius 1 is 0.310 bits per heavy atom. The molecule has 14 heteroatoms. The minimum absolute atomic E-state index is 0.899. The molecule has 0 aliphatic heterocycles. The second kappa shape index (κ2) is 18.8. The van der Waals surface area contributed by atoms with Gasteiger partial charge in [-0.15, -0.1) is 0 Å². The molecule has 7 rings (SSSR count). The summed E-state index contributed by atoms with van der Waals surface area (Å²) >= 11 is 2.08. The largest absolute Gasteiger partial charge is 0.265 e. The maximum Gasteiger partial charge on any atom is 0.200 e. The maximum absolute atomic E-state index is 12.4. The highest BCUT2D eigenvalue weighted by molar-refractivity contribution is 14.1. The first kappa shape index (κ1) is 44.3. The van der Waals surface area contributed by atoms with E-state index in [4.69, 9.17) is 0 Å². The van der Waals surface area contributed by atoms with Gasteiger partial charge in [0.1, 0.15) is 0 Å². The Bertz CT molecular complexity index is 2230. The minimum Gasteiger partial charge on any atom is -0.265 e. The Morgan fingerprint density at radius 2 is 0.500 bits per heavy atom. The van der Waals surface area contributed by atoms with Crippen molar-refractivity contribution in [3.8, 4) is 44.5 Å². The number of halogens is 12. The highest BCUT2D eigenvalue weighted by Crippen LogP contribution is 2.35. The van der Waals surface area contributed by atoms with Crippen molar-refractivity contribution in [2.45, 2.75) is 27.7 Å². The second-order valence-electron chi connectivity index (χ2n) is 12.8. The molecule has 2 heterocycles. The maximum atomic E-state index is 12.4. The van der Waals surface area contributed by atoms with E-state index in [1.165, 1.54) is 66.8 Å². The summed E-state index contributed by atoms with van der Waals surface area (Å²) in [5, 5.41) is 0. The summed E-state index contributed by atoms with van der Waals surface area (Å²) in [4.78, 5) is 8.30. The fourth-order valence-electron chi connectivity index (χ4n) is 5.92. The highest BCUT2D eigenvalue weighted by atomic mass is 127. The van der Waals surface area contributed by atoms with Crippen molar-refractivity contribution in [1.29, 1.82) is 0 Å². The Hall–Kier alpha value is -4.84. The SMILES string of the molecule is Cc1cc(-c2ccc(-c3cc(C)c(-c4ccncc4)cc3C)cc2)c(C)cc1-c1ccncc1.Fc1c(F)c(F)c(I)c(F)c1F.Fc1c(F)c(F)c(I)c(F)c1F. The van der Waals surface area contributed by atoms with Crippen LogP contribution in [0.1, 0.15) is 22.3 Å². The van der Waals surface area contributed by atoms with E-state index < -0.39 is 65.3 Å². The molecule has 0 spiro atoms. The predicted octanol–water partition coefficient (Wildman–Crippen LogP) is 14.4. The molecule has 0 amide bonds. The van der Waals surface area contributed by atoms with Crippen LogP contribution in [0, 0.1) is 93.0 Å². The fourth-order valence-corrected chi connectivity index (χ4v) is 6.87. The molecule has 7 aromatic rings. The summed E-state index contributed by atoms with van der Waals surface area (Å²) in [5.74, 6) is -19.1. The summed E-state index contributed by atoms with van der Waals surface area (Å²) in [6, 6.07) is 26.5. The zero-order valence-electron chi connectivity index (χ0n) is 30.7. The number of rotatable bonds is 4. The van der Waals surface area contributed by atoms with Crippen molar-refractivity contribution in [2.24, 2.45) is 0 Å². The number of hydrogen-bond donors (Lipinski definition) is 0. The topological polar surface area (TPSA) is 25.8 Å². The predicted molar refractivity (Wildman–Crippen MR) is 221 cm³/mol. The van der Waals surface area contributed by atoms with Gasteiger partial charge in [0.25, 0.3) is 0 Å². The van der Waals surface area contributed by atoms with Crippen LogP contribution < -0.4 is 0 Å². The van der Waals surface area contributed by atoms with E-state index in [1.807, 2.05) is 24.8 Å². The molecule has 0 aliphatic carbocycles. The molecule has 2 nitrogen and oxygen atoms in total. The molecular formula is C44H28F10I2N2. The normalized spacial score (nSPS) is 10.8. The lowest BCUT2D eigenvalue weighted by atomic mass is 9.90. The molecular weight excluding hydrogens is 1000 g/mol. The Morgan fingerprint density at radius 3 is 0.724 bits per heavy atom. The van der Waals surface area contributed by atoms with E-state index in [-0.39, 0.29) is 0 Å². The first-order chi connectivity index (χ1) is 27.4. The first-order valence-electron chi connectivity index (χ1n) is 16.9. The van der Waals surface area contributed by atoms with Gasteiger partial charge < -0.3 is 0 Å². The smallest absolute Gasteiger partial charge is 0.200 e. The lowest BCUT2D eigenvalue weighted by molar-refractivity contribution is 0.373. The molecule has 0 unspecified atom stereocenters. The number of hydrogen-bond acceptors (Lipinski definition) is 2. The summed E-state index contributed by atoms with van der Waals surface area (Å²) in [6.07, 6.45) is 7.40. The lowest BCUT2D eigenvalue weighted by Gasteiger charge is -2.15. The molecule has 2 aromatic heterocycles. The first-order valence-corrected chi connectivity index (χ1v) is 19.1. The lowest BCUT2D eigenvalue weighted by Crippen LogP contribution is -2.03. The van der Waals surface area contributed by atoms with Crippen LogP contribution in [0.25, 0.3) is 44.5 Å². The molecule has 298 valence electrons. The molecule has 0 radical (unpaired) electrons. The van der Waals surface area contributed by atoms with E-state index >= 15 is 0 Å². The monoisotopic (exact) mass is 1030 g/mol. The highest BCUT2D eigenvalue weighted by Gasteiger charge is 2.25. The van der Waals surface area contributed by atoms with Gasteiger partial charge in [-0.2, -0.15) is 0 Å². The van der Waals surface area contributed by atoms with E-state index in [9.17, 15) is 43.9 Å². The summed E-state index contributed by atoms with van der Waals surface area (Å²) in [6.45, 7) is 8.75. The van der Waals surface area contributed by atoms with Gasteiger partial charge in [0.05, 0.1) is 7.14 Å². The average Bonchev–Trinajstić information content (AvgIpc) is 3.24. The molecule has 5 aromatic carbocycles. The molecule has 0 fully saturated rings. The Kier molecular flexibility index (Phi) is 14.4. The van der Waals surface area contributed by atoms with Crippen LogP contribution in [0.2, 0.25) is 0 Å². The van der Waals surface area contributed by atoms with Crippen LogP contribution in [0.4, 0.5) is 43.9 Å². The third-order valence-electron chi connectivity index (χ3n) is 8.94. The van der Waals surface area contributed by atoms with Gasteiger partial charge in [0, 0.05) is 24.8 Å². The van der Waals surface area contributed by atoms with Gasteiger partial charge in [-0.3, -0.25) is 9.97 Å². The third kappa shape index (κ3) is 9.38. The van der Waals surface area contributed by atoms with Crippen LogP contribution in [0.3, 0.4) is 0 Å². The zero-order chi connectivity index (χ0) is 42.6. The van der Waals surface area contributed by atoms with Gasteiger partial charge in [0.2, 0.25) is 11.6 Å². The number of aryl methyl sites for hydroxylation is 4. The van der Waals surface area contributed by atoms with Crippen molar-refractivity contribution in [3.05, 3.63) is 185 Å². The van der Waals surface area contributed by atoms with Gasteiger partial charge in [-0.1, -0.05) is 48.5 Å². The minimum atomic E-state index is -2.13. The van der Waals surface area contributed by atoms with E-state index in [1.54, 1.807) is 0 Å². The van der Waals surface area contributed by atoms with Crippen molar-refractivity contribution in [3.63, 3.8) is 0 Å². The molecule has 58 heavy (non-hydrogen) atoms. The standard InChI is InChI=1S/C32H28N2.2C6F5I/c1-21-19-31(27-9-13-33-14-10-27)23(3)17-29(21)25-5-7-26(8-6-25)30-18-24(4)32(20-22(30)2)28-11-15-34-16-12-28;2*7-1-2(8)4(10)6(12)5(11)3(1)9/h5-20H,1-4H3;;. The number of aromatic nitrogens is 2. The average molecular weight is 1030 g/mol. The van der Waals surface area contributed by atoms with Crippen molar-refractivity contribution >= 4 is 45.2 Å². The van der Waals surface area contributed by atoms with E-state index in [0.717, 1.165) is 45.2 Å². The Labute approximate surface area is 354 Å². The van der Waals surface area contributed by atoms with Crippen molar-refractivity contribution in [2.75, 3.05) is 0 Å². The van der Waals surface area contributed by atoms with Gasteiger partial charge >= 0.3 is 0 Å². The molecule has 0 atom stereocenters. The second-order valence-corrected chi connectivity index (χ2v) is 14.9. The quantitative estimate of drug-likeness (QED) is 0.0760. The van der Waals surface area contributed by atoms with Crippen molar-refractivity contribution in [1.82, 2.24) is 9.97 Å². The molecule has 0 saturated carbocycles. The summed E-state index contributed by atoms with van der Waals surface area (Å²) in [5.41, 5.74) is 15.1. The number of pyridine rings is 2. The van der Waals surface area contributed by atoms with Crippen molar-refractivity contribution < 1.29 is 43.9 Å². The van der Waals surface area contributed by atoms with Crippen LogP contribution in [0.15, 0.2) is 97.6 Å². The molecule has 0 saturated heterocycles. The van der Waals surface area contributed by atoms with E-state index in [0.29, 0.717) is 0 Å². The number of nitrogens with zero attached hydrogens (tertiary/aromatic N) is 2.